The maximum Gasteiger partial charge on any atom is 0.341 e. The molecule has 1 aliphatic heterocycles. The van der Waals surface area contributed by atoms with Crippen LogP contribution >= 0.6 is 0 Å². The van der Waals surface area contributed by atoms with Crippen LogP contribution < -0.4 is 4.74 Å². The topological polar surface area (TPSA) is 130 Å². The number of aliphatic carboxylic acids is 1. The normalized spacial score (nSPS) is 15.0. The second-order valence-corrected chi connectivity index (χ2v) is 7.87. The van der Waals surface area contributed by atoms with E-state index in [0.29, 0.717) is 29.9 Å². The lowest BCUT2D eigenvalue weighted by Crippen LogP contribution is -2.40. The number of benzene rings is 1. The molecule has 1 aromatic carbocycles. The van der Waals surface area contributed by atoms with Gasteiger partial charge in [0.2, 0.25) is 10.0 Å². The number of carboxylic acids is 1. The molecule has 0 spiro atoms. The Hall–Kier alpha value is -3.00. The van der Waals surface area contributed by atoms with Gasteiger partial charge in [-0.25, -0.2) is 13.2 Å². The van der Waals surface area contributed by atoms with E-state index in [2.05, 4.69) is 4.98 Å². The summed E-state index contributed by atoms with van der Waals surface area (Å²) in [4.78, 5) is 14.8. The molecule has 146 valence electrons. The van der Waals surface area contributed by atoms with Gasteiger partial charge in [0.25, 0.3) is 0 Å². The third-order valence-electron chi connectivity index (χ3n) is 4.09. The van der Waals surface area contributed by atoms with Crippen molar-refractivity contribution in [2.45, 2.75) is 4.90 Å². The van der Waals surface area contributed by atoms with Crippen molar-refractivity contribution in [1.29, 1.82) is 5.26 Å². The van der Waals surface area contributed by atoms with E-state index in [1.165, 1.54) is 41.0 Å². The van der Waals surface area contributed by atoms with Crippen LogP contribution in [0.2, 0.25) is 0 Å². The molecule has 0 atom stereocenters. The number of nitrogens with zero attached hydrogens (tertiary/aromatic N) is 3. The molecular weight excluding hydrogens is 386 g/mol. The maximum absolute atomic E-state index is 12.9. The molecule has 0 amide bonds. The Bertz CT molecular complexity index is 1030. The average molecular weight is 403 g/mol. The Labute approximate surface area is 161 Å². The van der Waals surface area contributed by atoms with Gasteiger partial charge in [0.05, 0.1) is 24.8 Å². The van der Waals surface area contributed by atoms with Crippen LogP contribution in [-0.2, 0) is 19.6 Å². The second kappa shape index (κ2) is 8.35. The highest BCUT2D eigenvalue weighted by Gasteiger charge is 2.27. The van der Waals surface area contributed by atoms with E-state index < -0.39 is 22.6 Å². The predicted molar refractivity (Wildman–Crippen MR) is 97.1 cm³/mol. The first kappa shape index (κ1) is 19.8. The van der Waals surface area contributed by atoms with Gasteiger partial charge in [0.1, 0.15) is 10.6 Å². The van der Waals surface area contributed by atoms with E-state index in [1.807, 2.05) is 6.07 Å². The number of morpholine rings is 1. The van der Waals surface area contributed by atoms with Crippen molar-refractivity contribution in [3.05, 3.63) is 42.2 Å². The second-order valence-electron chi connectivity index (χ2n) is 5.93. The van der Waals surface area contributed by atoms with E-state index in [1.54, 1.807) is 0 Å². The van der Waals surface area contributed by atoms with E-state index in [4.69, 9.17) is 19.8 Å². The largest absolute Gasteiger partial charge is 0.481 e. The van der Waals surface area contributed by atoms with Crippen molar-refractivity contribution in [2.24, 2.45) is 0 Å². The first-order valence-corrected chi connectivity index (χ1v) is 9.78. The molecule has 0 bridgehead atoms. The zero-order chi connectivity index (χ0) is 20.1. The van der Waals surface area contributed by atoms with Gasteiger partial charge in [0, 0.05) is 36.6 Å². The molecule has 10 heteroatoms. The molecule has 1 aliphatic rings. The minimum atomic E-state index is -3.76. The van der Waals surface area contributed by atoms with E-state index >= 15 is 0 Å². The van der Waals surface area contributed by atoms with Gasteiger partial charge >= 0.3 is 5.97 Å². The van der Waals surface area contributed by atoms with Crippen LogP contribution in [0.4, 0.5) is 0 Å². The zero-order valence-electron chi connectivity index (χ0n) is 14.7. The molecule has 2 heterocycles. The minimum Gasteiger partial charge on any atom is -0.481 e. The molecule has 1 saturated heterocycles. The Morgan fingerprint density at radius 1 is 1.29 bits per heavy atom. The lowest BCUT2D eigenvalue weighted by Gasteiger charge is -2.26. The monoisotopic (exact) mass is 403 g/mol. The van der Waals surface area contributed by atoms with Gasteiger partial charge < -0.3 is 14.6 Å². The van der Waals surface area contributed by atoms with Crippen LogP contribution in [0, 0.1) is 11.3 Å². The summed E-state index contributed by atoms with van der Waals surface area (Å²) in [5, 5.41) is 18.0. The van der Waals surface area contributed by atoms with Gasteiger partial charge in [-0.2, -0.15) is 9.57 Å². The SMILES string of the molecule is N#Cc1ccc(OCC(=O)O)c(-c2cncc(S(=O)(=O)N3CCOCC3)c2)c1. The number of nitriles is 1. The van der Waals surface area contributed by atoms with Gasteiger partial charge in [0.15, 0.2) is 6.61 Å². The number of sulfonamides is 1. The third-order valence-corrected chi connectivity index (χ3v) is 5.96. The van der Waals surface area contributed by atoms with Gasteiger partial charge in [-0.15, -0.1) is 0 Å². The van der Waals surface area contributed by atoms with Crippen LogP contribution in [-0.4, -0.2) is 61.7 Å². The number of hydrogen-bond acceptors (Lipinski definition) is 7. The number of rotatable bonds is 6. The van der Waals surface area contributed by atoms with Crippen LogP contribution in [0.3, 0.4) is 0 Å². The quantitative estimate of drug-likeness (QED) is 0.759. The lowest BCUT2D eigenvalue weighted by atomic mass is 10.0. The number of carbonyl (C=O) groups is 1. The fourth-order valence-corrected chi connectivity index (χ4v) is 4.13. The average Bonchev–Trinajstić information content (AvgIpc) is 2.72. The molecule has 28 heavy (non-hydrogen) atoms. The summed E-state index contributed by atoms with van der Waals surface area (Å²) in [5.74, 6) is -0.943. The van der Waals surface area contributed by atoms with Crippen molar-refractivity contribution in [1.82, 2.24) is 9.29 Å². The maximum atomic E-state index is 12.9. The third kappa shape index (κ3) is 4.28. The molecule has 2 aromatic rings. The van der Waals surface area contributed by atoms with Crippen molar-refractivity contribution in [2.75, 3.05) is 32.9 Å². The molecule has 1 fully saturated rings. The highest BCUT2D eigenvalue weighted by molar-refractivity contribution is 7.89. The first-order chi connectivity index (χ1) is 13.4. The molecule has 1 N–H and O–H groups in total. The predicted octanol–water partition coefficient (Wildman–Crippen LogP) is 1.10. The number of hydrogen-bond donors (Lipinski definition) is 1. The first-order valence-electron chi connectivity index (χ1n) is 8.34. The highest BCUT2D eigenvalue weighted by atomic mass is 32.2. The van der Waals surface area contributed by atoms with Crippen molar-refractivity contribution in [3.63, 3.8) is 0 Å². The summed E-state index contributed by atoms with van der Waals surface area (Å²) < 4.78 is 37.5. The van der Waals surface area contributed by atoms with Crippen LogP contribution in [0.25, 0.3) is 11.1 Å². The molecule has 3 rings (SSSR count). The Morgan fingerprint density at radius 2 is 2.04 bits per heavy atom. The molecule has 1 aromatic heterocycles. The summed E-state index contributed by atoms with van der Waals surface area (Å²) in [6, 6.07) is 7.89. The summed E-state index contributed by atoms with van der Waals surface area (Å²) in [7, 11) is -3.76. The van der Waals surface area contributed by atoms with Crippen molar-refractivity contribution >= 4 is 16.0 Å². The minimum absolute atomic E-state index is 0.00144. The van der Waals surface area contributed by atoms with Crippen LogP contribution in [0.1, 0.15) is 5.56 Å². The molecular formula is C18H17N3O6S. The summed E-state index contributed by atoms with van der Waals surface area (Å²) >= 11 is 0. The zero-order valence-corrected chi connectivity index (χ0v) is 15.6. The highest BCUT2D eigenvalue weighted by Crippen LogP contribution is 2.32. The molecule has 0 aliphatic carbocycles. The summed E-state index contributed by atoms with van der Waals surface area (Å²) in [6.45, 7) is 0.582. The fraction of sp³-hybridized carbons (Fsp3) is 0.278. The lowest BCUT2D eigenvalue weighted by molar-refractivity contribution is -0.139. The summed E-state index contributed by atoms with van der Waals surface area (Å²) in [6.07, 6.45) is 2.68. The summed E-state index contributed by atoms with van der Waals surface area (Å²) in [5.41, 5.74) is 1.10. The molecule has 0 radical (unpaired) electrons. The standard InChI is InChI=1S/C18H17N3O6S/c19-9-13-1-2-17(27-12-18(22)23)16(7-13)14-8-15(11-20-10-14)28(24,25)21-3-5-26-6-4-21/h1-2,7-8,10-11H,3-6,12H2,(H,22,23). The van der Waals surface area contributed by atoms with Crippen LogP contribution in [0.5, 0.6) is 5.75 Å². The molecule has 0 unspecified atom stereocenters. The Balaban J connectivity index is 2.01. The van der Waals surface area contributed by atoms with Gasteiger partial charge in [-0.1, -0.05) is 0 Å². The molecule has 9 nitrogen and oxygen atoms in total. The van der Waals surface area contributed by atoms with Crippen LogP contribution in [0.15, 0.2) is 41.6 Å². The smallest absolute Gasteiger partial charge is 0.341 e. The van der Waals surface area contributed by atoms with E-state index in [9.17, 15) is 13.2 Å². The Kier molecular flexibility index (Phi) is 5.89. The molecule has 0 saturated carbocycles. The van der Waals surface area contributed by atoms with Crippen molar-refractivity contribution < 1.29 is 27.8 Å². The number of pyridine rings is 1. The number of aromatic nitrogens is 1. The van der Waals surface area contributed by atoms with E-state index in [0.717, 1.165) is 0 Å². The number of carboxylic acid groups (broad SMARTS) is 1. The van der Waals surface area contributed by atoms with Gasteiger partial charge in [-0.3, -0.25) is 4.98 Å². The van der Waals surface area contributed by atoms with E-state index in [-0.39, 0.29) is 23.7 Å². The van der Waals surface area contributed by atoms with Gasteiger partial charge in [-0.05, 0) is 24.3 Å². The number of ether oxygens (including phenoxy) is 2. The fourth-order valence-electron chi connectivity index (χ4n) is 2.73. The van der Waals surface area contributed by atoms with Crippen molar-refractivity contribution in [3.8, 4) is 22.9 Å². The Morgan fingerprint density at radius 3 is 2.71 bits per heavy atom.